The zero-order chi connectivity index (χ0) is 14.2. The third kappa shape index (κ3) is 2.43. The van der Waals surface area contributed by atoms with Gasteiger partial charge in [-0.3, -0.25) is 0 Å². The maximum Gasteiger partial charge on any atom is 0.238 e. The van der Waals surface area contributed by atoms with E-state index in [0.29, 0.717) is 6.54 Å². The summed E-state index contributed by atoms with van der Waals surface area (Å²) >= 11 is 0. The van der Waals surface area contributed by atoms with Crippen LogP contribution in [0.15, 0.2) is 59.8 Å². The third-order valence-electron chi connectivity index (χ3n) is 3.13. The Balaban J connectivity index is 1.92. The van der Waals surface area contributed by atoms with Gasteiger partial charge in [-0.2, -0.15) is 0 Å². The Morgan fingerprint density at radius 3 is 2.45 bits per heavy atom. The van der Waals surface area contributed by atoms with Crippen LogP contribution >= 0.6 is 0 Å². The molecule has 20 heavy (non-hydrogen) atoms. The van der Waals surface area contributed by atoms with Crippen LogP contribution in [-0.2, 0) is 16.6 Å². The summed E-state index contributed by atoms with van der Waals surface area (Å²) in [5, 5.41) is 5.07. The molecule has 3 aromatic rings. The number of fused-ring (bicyclic) bond motifs is 1. The van der Waals surface area contributed by atoms with Gasteiger partial charge in [0.05, 0.1) is 22.3 Å². The lowest BCUT2D eigenvalue weighted by molar-refractivity contribution is 0.597. The molecule has 0 aliphatic heterocycles. The van der Waals surface area contributed by atoms with E-state index in [1.807, 2.05) is 28.8 Å². The largest absolute Gasteiger partial charge is 0.326 e. The van der Waals surface area contributed by atoms with Crippen molar-refractivity contribution in [2.45, 2.75) is 11.4 Å². The second kappa shape index (κ2) is 4.73. The molecule has 2 N–H and O–H groups in total. The minimum Gasteiger partial charge on any atom is -0.326 e. The van der Waals surface area contributed by atoms with E-state index in [9.17, 15) is 8.42 Å². The lowest BCUT2D eigenvalue weighted by atomic mass is 10.2. The van der Waals surface area contributed by atoms with Gasteiger partial charge in [-0.05, 0) is 29.8 Å². The van der Waals surface area contributed by atoms with Gasteiger partial charge in [0.2, 0.25) is 10.0 Å². The average molecular weight is 287 g/mol. The number of hydrogen-bond acceptors (Lipinski definition) is 3. The molecule has 0 saturated heterocycles. The molecule has 0 amide bonds. The summed E-state index contributed by atoms with van der Waals surface area (Å²) in [5.41, 5.74) is 2.97. The number of imidazole rings is 1. The lowest BCUT2D eigenvalue weighted by Gasteiger charge is -2.05. The third-order valence-corrected chi connectivity index (χ3v) is 4.06. The van der Waals surface area contributed by atoms with Gasteiger partial charge in [0.15, 0.2) is 0 Å². The van der Waals surface area contributed by atoms with Crippen molar-refractivity contribution >= 4 is 21.1 Å². The van der Waals surface area contributed by atoms with Crippen LogP contribution in [-0.4, -0.2) is 18.0 Å². The van der Waals surface area contributed by atoms with Crippen LogP contribution in [0.25, 0.3) is 11.0 Å². The van der Waals surface area contributed by atoms with Crippen LogP contribution in [0.1, 0.15) is 5.56 Å². The highest BCUT2D eigenvalue weighted by Gasteiger charge is 2.07. The molecule has 0 bridgehead atoms. The molecule has 3 rings (SSSR count). The molecule has 1 aromatic heterocycles. The molecular formula is C14H13N3O2S. The van der Waals surface area contributed by atoms with Crippen molar-refractivity contribution in [2.24, 2.45) is 5.14 Å². The normalized spacial score (nSPS) is 11.8. The average Bonchev–Trinajstić information content (AvgIpc) is 2.82. The Hall–Kier alpha value is -2.18. The standard InChI is InChI=1S/C14H13N3O2S/c15-20(18,19)12-7-5-11(6-8-12)9-17-10-16-13-3-1-2-4-14(13)17/h1-8,10H,9H2,(H2,15,18,19). The summed E-state index contributed by atoms with van der Waals surface area (Å²) in [6.07, 6.45) is 1.78. The first-order chi connectivity index (χ1) is 9.54. The molecule has 0 aliphatic rings. The molecule has 1 heterocycles. The number of nitrogens with zero attached hydrogens (tertiary/aromatic N) is 2. The number of hydrogen-bond donors (Lipinski definition) is 1. The van der Waals surface area contributed by atoms with Gasteiger partial charge in [-0.1, -0.05) is 24.3 Å². The Morgan fingerprint density at radius 1 is 1.05 bits per heavy atom. The molecule has 0 unspecified atom stereocenters. The maximum absolute atomic E-state index is 11.2. The van der Waals surface area contributed by atoms with Crippen molar-refractivity contribution in [1.82, 2.24) is 9.55 Å². The van der Waals surface area contributed by atoms with Gasteiger partial charge in [0.1, 0.15) is 0 Å². The van der Waals surface area contributed by atoms with Gasteiger partial charge < -0.3 is 4.57 Å². The van der Waals surface area contributed by atoms with Gasteiger partial charge in [0.25, 0.3) is 0 Å². The smallest absolute Gasteiger partial charge is 0.238 e. The van der Waals surface area contributed by atoms with Crippen molar-refractivity contribution in [3.8, 4) is 0 Å². The summed E-state index contributed by atoms with van der Waals surface area (Å²) in [7, 11) is -3.64. The number of primary sulfonamides is 1. The summed E-state index contributed by atoms with van der Waals surface area (Å²) in [6, 6.07) is 14.4. The van der Waals surface area contributed by atoms with Crippen molar-refractivity contribution in [3.05, 3.63) is 60.4 Å². The minimum absolute atomic E-state index is 0.122. The second-order valence-electron chi connectivity index (χ2n) is 4.55. The van der Waals surface area contributed by atoms with Crippen molar-refractivity contribution in [2.75, 3.05) is 0 Å². The highest BCUT2D eigenvalue weighted by atomic mass is 32.2. The summed E-state index contributed by atoms with van der Waals surface area (Å²) in [4.78, 5) is 4.44. The van der Waals surface area contributed by atoms with E-state index < -0.39 is 10.0 Å². The highest BCUT2D eigenvalue weighted by Crippen LogP contribution is 2.15. The Bertz CT molecular complexity index is 852. The van der Waals surface area contributed by atoms with Gasteiger partial charge in [-0.25, -0.2) is 18.5 Å². The number of nitrogens with two attached hydrogens (primary N) is 1. The number of rotatable bonds is 3. The molecule has 0 radical (unpaired) electrons. The van der Waals surface area contributed by atoms with Crippen LogP contribution in [0.3, 0.4) is 0 Å². The molecule has 0 fully saturated rings. The Kier molecular flexibility index (Phi) is 3.04. The van der Waals surface area contributed by atoms with Crippen LogP contribution < -0.4 is 5.14 Å². The number of benzene rings is 2. The van der Waals surface area contributed by atoms with E-state index in [1.165, 1.54) is 12.1 Å². The molecule has 0 atom stereocenters. The fourth-order valence-corrected chi connectivity index (χ4v) is 2.63. The Morgan fingerprint density at radius 2 is 1.75 bits per heavy atom. The summed E-state index contributed by atoms with van der Waals surface area (Å²) < 4.78 is 24.4. The van der Waals surface area contributed by atoms with Gasteiger partial charge in [-0.15, -0.1) is 0 Å². The molecule has 5 nitrogen and oxygen atoms in total. The minimum atomic E-state index is -3.64. The van der Waals surface area contributed by atoms with E-state index in [1.54, 1.807) is 18.5 Å². The molecule has 2 aromatic carbocycles. The van der Waals surface area contributed by atoms with E-state index in [-0.39, 0.29) is 4.90 Å². The predicted octanol–water partition coefficient (Wildman–Crippen LogP) is 1.73. The van der Waals surface area contributed by atoms with Gasteiger partial charge in [0, 0.05) is 6.54 Å². The fourth-order valence-electron chi connectivity index (χ4n) is 2.12. The van der Waals surface area contributed by atoms with Crippen molar-refractivity contribution in [1.29, 1.82) is 0 Å². The number of sulfonamides is 1. The summed E-state index contributed by atoms with van der Waals surface area (Å²) in [5.74, 6) is 0. The van der Waals surface area contributed by atoms with Gasteiger partial charge >= 0.3 is 0 Å². The SMILES string of the molecule is NS(=O)(=O)c1ccc(Cn2cnc3ccccc32)cc1. The summed E-state index contributed by atoms with van der Waals surface area (Å²) in [6.45, 7) is 0.630. The maximum atomic E-state index is 11.2. The predicted molar refractivity (Wildman–Crippen MR) is 76.7 cm³/mol. The van der Waals surface area contributed by atoms with Crippen LogP contribution in [0, 0.1) is 0 Å². The van der Waals surface area contributed by atoms with Crippen LogP contribution in [0.2, 0.25) is 0 Å². The number of para-hydroxylation sites is 2. The van der Waals surface area contributed by atoms with Crippen LogP contribution in [0.5, 0.6) is 0 Å². The first-order valence-corrected chi connectivity index (χ1v) is 7.60. The lowest BCUT2D eigenvalue weighted by Crippen LogP contribution is -2.12. The van der Waals surface area contributed by atoms with E-state index in [2.05, 4.69) is 4.98 Å². The molecule has 0 aliphatic carbocycles. The molecule has 0 spiro atoms. The zero-order valence-corrected chi connectivity index (χ0v) is 11.4. The zero-order valence-electron chi connectivity index (χ0n) is 10.6. The molecule has 102 valence electrons. The number of aromatic nitrogens is 2. The molecule has 0 saturated carbocycles. The Labute approximate surface area is 116 Å². The monoisotopic (exact) mass is 287 g/mol. The topological polar surface area (TPSA) is 78.0 Å². The van der Waals surface area contributed by atoms with E-state index in [0.717, 1.165) is 16.6 Å². The van der Waals surface area contributed by atoms with Crippen LogP contribution in [0.4, 0.5) is 0 Å². The fraction of sp³-hybridized carbons (Fsp3) is 0.0714. The van der Waals surface area contributed by atoms with Crippen molar-refractivity contribution < 1.29 is 8.42 Å². The highest BCUT2D eigenvalue weighted by molar-refractivity contribution is 7.89. The first-order valence-electron chi connectivity index (χ1n) is 6.06. The quantitative estimate of drug-likeness (QED) is 0.797. The van der Waals surface area contributed by atoms with Crippen molar-refractivity contribution in [3.63, 3.8) is 0 Å². The molecular weight excluding hydrogens is 274 g/mol. The second-order valence-corrected chi connectivity index (χ2v) is 6.11. The van der Waals surface area contributed by atoms with E-state index in [4.69, 9.17) is 5.14 Å². The van der Waals surface area contributed by atoms with E-state index >= 15 is 0 Å². The molecule has 6 heteroatoms. The first kappa shape index (κ1) is 12.8.